The minimum atomic E-state index is 0. The van der Waals surface area contributed by atoms with Gasteiger partial charge in [-0.2, -0.15) is 4.57 Å². The maximum atomic E-state index is 4.24. The monoisotopic (exact) mass is 881 g/mol. The van der Waals surface area contributed by atoms with Crippen LogP contribution in [0, 0.1) is 13.8 Å². The molecule has 0 atom stereocenters. The lowest BCUT2D eigenvalue weighted by atomic mass is 10.1. The molecule has 0 aliphatic heterocycles. The van der Waals surface area contributed by atoms with Crippen LogP contribution < -0.4 is 28.5 Å². The first kappa shape index (κ1) is 30.2. The molecule has 4 rings (SSSR count). The van der Waals surface area contributed by atoms with Crippen molar-refractivity contribution in [2.75, 3.05) is 13.3 Å². The Kier molecular flexibility index (Phi) is 16.6. The number of halogens is 4. The van der Waals surface area contributed by atoms with E-state index >= 15 is 0 Å². The van der Waals surface area contributed by atoms with Crippen LogP contribution in [0.25, 0.3) is 21.8 Å². The Morgan fingerprint density at radius 3 is 1.97 bits per heavy atom. The van der Waals surface area contributed by atoms with Crippen molar-refractivity contribution in [1.29, 1.82) is 0 Å². The Hall–Kier alpha value is 0.180. The van der Waals surface area contributed by atoms with Gasteiger partial charge < -0.3 is 24.0 Å². The zero-order chi connectivity index (χ0) is 22.5. The normalized spacial score (nSPS) is 9.91. The molecular formula is C26H32I4N2. The van der Waals surface area contributed by atoms with Gasteiger partial charge >= 0.3 is 0 Å². The molecule has 0 unspecified atom stereocenters. The smallest absolute Gasteiger partial charge is 0.212 e. The standard InChI is InChI=1S/C13H15IN.C10H9N.C3H6I2.HI.H2/c1-11-7-10-15(9-4-8-14)13-6-3-2-5-12(11)13;1-8-6-7-11-10-5-3-2-4-9(8)10;4-2-1-3-5;;/h2-3,5-7,10H,4,8-9H2,1H3;2-7H,1H3;1-3H2;2*1H/q+1;;;;/p-1/i;;;;1+1. The van der Waals surface area contributed by atoms with Crippen molar-refractivity contribution in [3.05, 3.63) is 84.2 Å². The summed E-state index contributed by atoms with van der Waals surface area (Å²) in [5.74, 6) is 0. The molecule has 32 heavy (non-hydrogen) atoms. The van der Waals surface area contributed by atoms with Crippen molar-refractivity contribution in [2.45, 2.75) is 33.2 Å². The minimum absolute atomic E-state index is 0. The fourth-order valence-electron chi connectivity index (χ4n) is 3.14. The summed E-state index contributed by atoms with van der Waals surface area (Å²) in [4.78, 5) is 4.24. The summed E-state index contributed by atoms with van der Waals surface area (Å²) < 4.78 is 6.18. The molecule has 0 amide bonds. The molecule has 0 bridgehead atoms. The molecule has 0 radical (unpaired) electrons. The fraction of sp³-hybridized carbons (Fsp3) is 0.308. The third kappa shape index (κ3) is 9.81. The fourth-order valence-corrected chi connectivity index (χ4v) is 5.71. The van der Waals surface area contributed by atoms with Crippen molar-refractivity contribution < 1.29 is 30.0 Å². The second kappa shape index (κ2) is 17.6. The number of rotatable bonds is 5. The van der Waals surface area contributed by atoms with Crippen LogP contribution in [0.15, 0.2) is 73.1 Å². The first-order valence-corrected chi connectivity index (χ1v) is 15.1. The van der Waals surface area contributed by atoms with Gasteiger partial charge in [-0.3, -0.25) is 4.98 Å². The average Bonchev–Trinajstić information content (AvgIpc) is 2.81. The summed E-state index contributed by atoms with van der Waals surface area (Å²) in [6, 6.07) is 21.0. The van der Waals surface area contributed by atoms with Crippen LogP contribution in [-0.4, -0.2) is 18.3 Å². The first-order chi connectivity index (χ1) is 15.1. The number of benzene rings is 2. The summed E-state index contributed by atoms with van der Waals surface area (Å²) in [7, 11) is 0. The van der Waals surface area contributed by atoms with E-state index in [1.54, 1.807) is 0 Å². The number of alkyl halides is 3. The van der Waals surface area contributed by atoms with Crippen LogP contribution in [-0.2, 0) is 6.54 Å². The molecule has 0 N–H and O–H groups in total. The molecular weight excluding hydrogens is 848 g/mol. The second-order valence-corrected chi connectivity index (χ2v) is 10.4. The first-order valence-electron chi connectivity index (χ1n) is 10.5. The Balaban J connectivity index is 0.000000505. The van der Waals surface area contributed by atoms with Gasteiger partial charge in [0.25, 0.3) is 0 Å². The SMILES string of the molecule is Cc1cc[n+](CCCI)c2ccccc12.Cc1ccnc2ccccc12.ICCCI.[2HH].[I-]. The molecule has 6 heteroatoms. The predicted octanol–water partition coefficient (Wildman–Crippen LogP) is 5.30. The van der Waals surface area contributed by atoms with E-state index in [4.69, 9.17) is 0 Å². The molecule has 2 nitrogen and oxygen atoms in total. The highest BCUT2D eigenvalue weighted by Gasteiger charge is 2.08. The van der Waals surface area contributed by atoms with E-state index in [0.717, 1.165) is 12.1 Å². The lowest BCUT2D eigenvalue weighted by molar-refractivity contribution is -0.671. The highest BCUT2D eigenvalue weighted by Crippen LogP contribution is 2.14. The number of para-hydroxylation sites is 2. The zero-order valence-corrected chi connectivity index (χ0v) is 27.2. The van der Waals surface area contributed by atoms with Crippen LogP contribution in [0.1, 0.15) is 25.4 Å². The highest BCUT2D eigenvalue weighted by molar-refractivity contribution is 14.1. The molecule has 0 saturated carbocycles. The Morgan fingerprint density at radius 2 is 1.34 bits per heavy atom. The average molecular weight is 881 g/mol. The van der Waals surface area contributed by atoms with Gasteiger partial charge in [0, 0.05) is 50.2 Å². The number of hydrogen-bond donors (Lipinski definition) is 0. The van der Waals surface area contributed by atoms with Crippen LogP contribution in [0.2, 0.25) is 0 Å². The van der Waals surface area contributed by atoms with Gasteiger partial charge in [0.15, 0.2) is 6.20 Å². The quantitative estimate of drug-likeness (QED) is 0.151. The lowest BCUT2D eigenvalue weighted by Gasteiger charge is -2.02. The van der Waals surface area contributed by atoms with Crippen LogP contribution in [0.5, 0.6) is 0 Å². The topological polar surface area (TPSA) is 16.8 Å². The maximum Gasteiger partial charge on any atom is 0.212 e. The summed E-state index contributed by atoms with van der Waals surface area (Å²) in [6.45, 7) is 5.39. The third-order valence-corrected chi connectivity index (χ3v) is 7.10. The predicted molar refractivity (Wildman–Crippen MR) is 163 cm³/mol. The van der Waals surface area contributed by atoms with E-state index in [1.807, 2.05) is 30.5 Å². The number of aromatic nitrogens is 2. The highest BCUT2D eigenvalue weighted by atomic mass is 127. The van der Waals surface area contributed by atoms with Gasteiger partial charge in [-0.1, -0.05) is 98.1 Å². The molecule has 2 aromatic carbocycles. The van der Waals surface area contributed by atoms with Gasteiger partial charge in [0.1, 0.15) is 6.54 Å². The van der Waals surface area contributed by atoms with Gasteiger partial charge in [-0.15, -0.1) is 0 Å². The van der Waals surface area contributed by atoms with Crippen molar-refractivity contribution in [2.24, 2.45) is 0 Å². The number of hydrogen-bond acceptors (Lipinski definition) is 1. The van der Waals surface area contributed by atoms with Gasteiger partial charge in [-0.25, -0.2) is 0 Å². The van der Waals surface area contributed by atoms with E-state index in [1.165, 1.54) is 53.5 Å². The molecule has 0 saturated heterocycles. The molecule has 2 aromatic heterocycles. The van der Waals surface area contributed by atoms with Gasteiger partial charge in [-0.05, 0) is 49.6 Å². The Bertz CT molecular complexity index is 1070. The van der Waals surface area contributed by atoms with Crippen molar-refractivity contribution in [1.82, 2.24) is 4.98 Å². The molecule has 2 heterocycles. The Labute approximate surface area is 252 Å². The van der Waals surface area contributed by atoms with Crippen molar-refractivity contribution in [3.63, 3.8) is 0 Å². The summed E-state index contributed by atoms with van der Waals surface area (Å²) in [6.07, 6.45) is 6.64. The lowest BCUT2D eigenvalue weighted by Crippen LogP contribution is -3.00. The molecule has 174 valence electrons. The van der Waals surface area contributed by atoms with Gasteiger partial charge in [0.2, 0.25) is 5.52 Å². The Morgan fingerprint density at radius 1 is 0.750 bits per heavy atom. The summed E-state index contributed by atoms with van der Waals surface area (Å²) in [5, 5.41) is 2.61. The summed E-state index contributed by atoms with van der Waals surface area (Å²) >= 11 is 7.20. The molecule has 0 aliphatic carbocycles. The number of aryl methyl sites for hydroxylation is 3. The number of pyridine rings is 2. The minimum Gasteiger partial charge on any atom is -1.00 e. The van der Waals surface area contributed by atoms with Crippen LogP contribution in [0.4, 0.5) is 0 Å². The number of fused-ring (bicyclic) bond motifs is 2. The van der Waals surface area contributed by atoms with E-state index in [0.29, 0.717) is 0 Å². The molecule has 4 aromatic rings. The summed E-state index contributed by atoms with van der Waals surface area (Å²) in [5.41, 5.74) is 5.07. The third-order valence-electron chi connectivity index (χ3n) is 4.81. The van der Waals surface area contributed by atoms with E-state index < -0.39 is 0 Å². The van der Waals surface area contributed by atoms with Crippen molar-refractivity contribution in [3.8, 4) is 0 Å². The molecule has 0 aliphatic rings. The van der Waals surface area contributed by atoms with Crippen LogP contribution in [0.3, 0.4) is 0 Å². The van der Waals surface area contributed by atoms with E-state index in [9.17, 15) is 0 Å². The maximum absolute atomic E-state index is 4.24. The van der Waals surface area contributed by atoms with Gasteiger partial charge in [0.05, 0.1) is 5.52 Å². The van der Waals surface area contributed by atoms with E-state index in [-0.39, 0.29) is 25.4 Å². The van der Waals surface area contributed by atoms with Crippen LogP contribution >= 0.6 is 67.8 Å². The zero-order valence-electron chi connectivity index (χ0n) is 18.6. The largest absolute Gasteiger partial charge is 1.00 e. The van der Waals surface area contributed by atoms with E-state index in [2.05, 4.69) is 134 Å². The molecule has 0 fully saturated rings. The second-order valence-electron chi connectivity index (χ2n) is 7.13. The number of nitrogens with zero attached hydrogens (tertiary/aromatic N) is 2. The molecule has 0 spiro atoms. The van der Waals surface area contributed by atoms with Crippen molar-refractivity contribution >= 4 is 89.6 Å².